The van der Waals surface area contributed by atoms with E-state index in [0.29, 0.717) is 0 Å². The van der Waals surface area contributed by atoms with Gasteiger partial charge < -0.3 is 0 Å². The maximum atomic E-state index is 2.49. The summed E-state index contributed by atoms with van der Waals surface area (Å²) in [6.07, 6.45) is 0. The van der Waals surface area contributed by atoms with Crippen LogP contribution in [0.1, 0.15) is 25.0 Å². The SMILES string of the molecule is CC1(C)c2ccccc2-c2cc3c4ccccc4c4cc(-c5ccc(-c6ccc(-c7cccc8c7ccc7ccccc78)cc6)cc5)ccc4c3cc21. The number of rotatable bonds is 3. The van der Waals surface area contributed by atoms with Crippen LogP contribution in [0.15, 0.2) is 182 Å². The van der Waals surface area contributed by atoms with E-state index in [1.807, 2.05) is 0 Å². The van der Waals surface area contributed by atoms with Crippen LogP contribution in [0.5, 0.6) is 0 Å². The topological polar surface area (TPSA) is 0 Å². The van der Waals surface area contributed by atoms with Gasteiger partial charge in [-0.25, -0.2) is 0 Å². The van der Waals surface area contributed by atoms with Gasteiger partial charge in [-0.15, -0.1) is 0 Å². The highest BCUT2D eigenvalue weighted by atomic mass is 14.4. The van der Waals surface area contributed by atoms with E-state index in [0.717, 1.165) is 0 Å². The predicted molar refractivity (Wildman–Crippen MR) is 228 cm³/mol. The summed E-state index contributed by atoms with van der Waals surface area (Å²) in [6.45, 7) is 4.74. The van der Waals surface area contributed by atoms with E-state index in [4.69, 9.17) is 0 Å². The van der Waals surface area contributed by atoms with Crippen LogP contribution in [-0.4, -0.2) is 0 Å². The van der Waals surface area contributed by atoms with Crippen molar-refractivity contribution in [1.29, 1.82) is 0 Å². The first-order valence-corrected chi connectivity index (χ1v) is 18.7. The van der Waals surface area contributed by atoms with Crippen molar-refractivity contribution in [3.63, 3.8) is 0 Å². The molecule has 53 heavy (non-hydrogen) atoms. The van der Waals surface area contributed by atoms with Gasteiger partial charge in [0, 0.05) is 5.41 Å². The molecule has 0 bridgehead atoms. The Bertz CT molecular complexity index is 3100. The Balaban J connectivity index is 0.963. The summed E-state index contributed by atoms with van der Waals surface area (Å²) in [5.74, 6) is 0. The highest BCUT2D eigenvalue weighted by molar-refractivity contribution is 6.26. The molecule has 0 atom stereocenters. The van der Waals surface area contributed by atoms with E-state index in [2.05, 4.69) is 196 Å². The lowest BCUT2D eigenvalue weighted by Crippen LogP contribution is -2.14. The molecule has 0 heterocycles. The van der Waals surface area contributed by atoms with Crippen molar-refractivity contribution < 1.29 is 0 Å². The lowest BCUT2D eigenvalue weighted by Gasteiger charge is -2.22. The quantitative estimate of drug-likeness (QED) is 0.164. The molecule has 1 aliphatic carbocycles. The van der Waals surface area contributed by atoms with Gasteiger partial charge >= 0.3 is 0 Å². The smallest absolute Gasteiger partial charge is 0.0159 e. The Labute approximate surface area is 309 Å². The molecule has 0 unspecified atom stereocenters. The molecule has 248 valence electrons. The van der Waals surface area contributed by atoms with Gasteiger partial charge in [0.1, 0.15) is 0 Å². The van der Waals surface area contributed by atoms with E-state index in [-0.39, 0.29) is 5.41 Å². The molecule has 1 aliphatic rings. The van der Waals surface area contributed by atoms with Gasteiger partial charge in [-0.2, -0.15) is 0 Å². The molecule has 0 N–H and O–H groups in total. The summed E-state index contributed by atoms with van der Waals surface area (Å²) in [6, 6.07) is 67.8. The Morgan fingerprint density at radius 2 is 0.755 bits per heavy atom. The van der Waals surface area contributed by atoms with Crippen molar-refractivity contribution in [3.8, 4) is 44.5 Å². The van der Waals surface area contributed by atoms with Crippen molar-refractivity contribution in [2.45, 2.75) is 19.3 Å². The third-order valence-corrected chi connectivity index (χ3v) is 12.1. The summed E-state index contributed by atoms with van der Waals surface area (Å²) in [5.41, 5.74) is 12.9. The Kier molecular flexibility index (Phi) is 6.40. The fraction of sp³-hybridized carbons (Fsp3) is 0.0566. The average molecular weight is 673 g/mol. The molecule has 0 nitrogen and oxygen atoms in total. The molecular weight excluding hydrogens is 637 g/mol. The van der Waals surface area contributed by atoms with Gasteiger partial charge in [0.05, 0.1) is 0 Å². The molecule has 0 heteroatoms. The summed E-state index contributed by atoms with van der Waals surface area (Å²) in [4.78, 5) is 0. The lowest BCUT2D eigenvalue weighted by atomic mass is 9.81. The van der Waals surface area contributed by atoms with Gasteiger partial charge in [-0.3, -0.25) is 0 Å². The van der Waals surface area contributed by atoms with E-state index in [1.165, 1.54) is 109 Å². The average Bonchev–Trinajstić information content (AvgIpc) is 3.45. The second-order valence-electron chi connectivity index (χ2n) is 15.3. The fourth-order valence-electron chi connectivity index (χ4n) is 9.32. The molecule has 0 aliphatic heterocycles. The Morgan fingerprint density at radius 1 is 0.264 bits per heavy atom. The van der Waals surface area contributed by atoms with Gasteiger partial charge in [0.25, 0.3) is 0 Å². The maximum absolute atomic E-state index is 2.49. The van der Waals surface area contributed by atoms with Gasteiger partial charge in [0.15, 0.2) is 0 Å². The van der Waals surface area contributed by atoms with Crippen LogP contribution in [0, 0.1) is 0 Å². The molecule has 11 rings (SSSR count). The zero-order chi connectivity index (χ0) is 35.3. The lowest BCUT2D eigenvalue weighted by molar-refractivity contribution is 0.661. The van der Waals surface area contributed by atoms with Gasteiger partial charge in [0.2, 0.25) is 0 Å². The summed E-state index contributed by atoms with van der Waals surface area (Å²) in [7, 11) is 0. The standard InChI is InChI=1S/C53H36/c1-53(2)51-17-8-7-14-46(51)50-31-48-43-13-6-5-12-42(43)47-30-38(27-29-45(47)49(48)32-52(50)53)35-20-18-33(19-21-35)34-22-24-37(25-23-34)40-15-9-16-41-39-11-4-3-10-36(39)26-28-44(40)41/h3-32H,1-2H3. The number of hydrogen-bond acceptors (Lipinski definition) is 0. The summed E-state index contributed by atoms with van der Waals surface area (Å²) in [5, 5.41) is 13.1. The summed E-state index contributed by atoms with van der Waals surface area (Å²) >= 11 is 0. The molecule has 0 saturated carbocycles. The van der Waals surface area contributed by atoms with Gasteiger partial charge in [-0.05, 0) is 128 Å². The molecule has 0 aromatic heterocycles. The van der Waals surface area contributed by atoms with Crippen molar-refractivity contribution in [1.82, 2.24) is 0 Å². The number of hydrogen-bond donors (Lipinski definition) is 0. The summed E-state index contributed by atoms with van der Waals surface area (Å²) < 4.78 is 0. The fourth-order valence-corrected chi connectivity index (χ4v) is 9.32. The van der Waals surface area contributed by atoms with Crippen molar-refractivity contribution in [3.05, 3.63) is 193 Å². The van der Waals surface area contributed by atoms with E-state index in [9.17, 15) is 0 Å². The predicted octanol–water partition coefficient (Wildman–Crippen LogP) is 14.8. The van der Waals surface area contributed by atoms with Crippen LogP contribution in [0.4, 0.5) is 0 Å². The maximum Gasteiger partial charge on any atom is 0.0159 e. The van der Waals surface area contributed by atoms with E-state index >= 15 is 0 Å². The van der Waals surface area contributed by atoms with Crippen LogP contribution in [0.25, 0.3) is 98.4 Å². The molecule has 10 aromatic carbocycles. The van der Waals surface area contributed by atoms with E-state index < -0.39 is 0 Å². The first-order chi connectivity index (χ1) is 26.0. The zero-order valence-electron chi connectivity index (χ0n) is 29.8. The first-order valence-electron chi connectivity index (χ1n) is 18.7. The molecular formula is C53H36. The minimum atomic E-state index is -0.0364. The Hall–Kier alpha value is -6.50. The molecule has 0 radical (unpaired) electrons. The van der Waals surface area contributed by atoms with Crippen LogP contribution < -0.4 is 0 Å². The second kappa shape index (κ2) is 11.2. The normalized spacial score (nSPS) is 13.2. The van der Waals surface area contributed by atoms with Crippen LogP contribution in [0.2, 0.25) is 0 Å². The van der Waals surface area contributed by atoms with Crippen LogP contribution in [-0.2, 0) is 5.41 Å². The third-order valence-electron chi connectivity index (χ3n) is 12.1. The highest BCUT2D eigenvalue weighted by Crippen LogP contribution is 2.51. The van der Waals surface area contributed by atoms with Crippen molar-refractivity contribution in [2.75, 3.05) is 0 Å². The van der Waals surface area contributed by atoms with Crippen LogP contribution in [0.3, 0.4) is 0 Å². The molecule has 0 fully saturated rings. The monoisotopic (exact) mass is 672 g/mol. The zero-order valence-corrected chi connectivity index (χ0v) is 29.8. The minimum Gasteiger partial charge on any atom is -0.0619 e. The van der Waals surface area contributed by atoms with E-state index in [1.54, 1.807) is 0 Å². The highest BCUT2D eigenvalue weighted by Gasteiger charge is 2.35. The molecule has 0 spiro atoms. The van der Waals surface area contributed by atoms with Crippen molar-refractivity contribution >= 4 is 53.9 Å². The largest absolute Gasteiger partial charge is 0.0619 e. The van der Waals surface area contributed by atoms with Crippen LogP contribution >= 0.6 is 0 Å². The molecule has 0 saturated heterocycles. The molecule has 10 aromatic rings. The molecule has 0 amide bonds. The first kappa shape index (κ1) is 30.2. The Morgan fingerprint density at radius 3 is 1.51 bits per heavy atom. The number of fused-ring (bicyclic) bond motifs is 12. The van der Waals surface area contributed by atoms with Crippen molar-refractivity contribution in [2.24, 2.45) is 0 Å². The minimum absolute atomic E-state index is 0.0364. The third kappa shape index (κ3) is 4.49. The van der Waals surface area contributed by atoms with Gasteiger partial charge in [-0.1, -0.05) is 178 Å². The number of benzene rings is 10. The second-order valence-corrected chi connectivity index (χ2v) is 15.3.